The summed E-state index contributed by atoms with van der Waals surface area (Å²) in [6.45, 7) is 2.03. The molecule has 4 rings (SSSR count). The van der Waals surface area contributed by atoms with Crippen LogP contribution >= 0.6 is 11.6 Å². The molecule has 0 aliphatic heterocycles. The highest BCUT2D eigenvalue weighted by Gasteiger charge is 2.21. The molecule has 0 fully saturated rings. The number of aromatic nitrogens is 5. The molecule has 6 heteroatoms. The van der Waals surface area contributed by atoms with Crippen molar-refractivity contribution in [3.8, 4) is 22.6 Å². The summed E-state index contributed by atoms with van der Waals surface area (Å²) in [5, 5.41) is 14.0. The highest BCUT2D eigenvalue weighted by Crippen LogP contribution is 2.34. The highest BCUT2D eigenvalue weighted by atomic mass is 35.5. The third-order valence-electron chi connectivity index (χ3n) is 3.97. The van der Waals surface area contributed by atoms with E-state index in [1.807, 2.05) is 71.7 Å². The lowest BCUT2D eigenvalue weighted by molar-refractivity contribution is 0.743. The molecule has 1 aromatic carbocycles. The fourth-order valence-corrected chi connectivity index (χ4v) is 2.92. The van der Waals surface area contributed by atoms with Crippen LogP contribution in [0.5, 0.6) is 0 Å². The predicted octanol–water partition coefficient (Wildman–Crippen LogP) is 3.76. The van der Waals surface area contributed by atoms with Crippen molar-refractivity contribution in [3.05, 3.63) is 59.4 Å². The Bertz CT molecular complexity index is 1010. The van der Waals surface area contributed by atoms with E-state index in [1.165, 1.54) is 0 Å². The Morgan fingerprint density at radius 1 is 1.04 bits per heavy atom. The first-order chi connectivity index (χ1) is 11.1. The lowest BCUT2D eigenvalue weighted by Crippen LogP contribution is -1.94. The molecule has 3 aromatic heterocycles. The normalized spacial score (nSPS) is 11.3. The molecule has 5 nitrogen and oxygen atoms in total. The Kier molecular flexibility index (Phi) is 3.16. The standard InChI is InChI=1S/C17H14ClN5/c1-11-15(17-20-19-14-8-3-4-9-23(14)17)16(21-22(11)2)12-6-5-7-13(18)10-12/h3-10H,1-2H3. The lowest BCUT2D eigenvalue weighted by Gasteiger charge is -2.03. The average Bonchev–Trinajstić information content (AvgIpc) is 3.09. The molecule has 0 radical (unpaired) electrons. The molecule has 0 N–H and O–H groups in total. The number of halogens is 1. The largest absolute Gasteiger partial charge is 0.282 e. The Morgan fingerprint density at radius 3 is 2.74 bits per heavy atom. The van der Waals surface area contributed by atoms with E-state index in [4.69, 9.17) is 11.6 Å². The Balaban J connectivity index is 2.02. The maximum absolute atomic E-state index is 6.15. The van der Waals surface area contributed by atoms with Crippen molar-refractivity contribution in [1.29, 1.82) is 0 Å². The summed E-state index contributed by atoms with van der Waals surface area (Å²) in [6, 6.07) is 13.5. The molecule has 0 saturated carbocycles. The summed E-state index contributed by atoms with van der Waals surface area (Å²) in [6.07, 6.45) is 1.96. The smallest absolute Gasteiger partial charge is 0.172 e. The van der Waals surface area contributed by atoms with Crippen LogP contribution in [0.2, 0.25) is 5.02 Å². The van der Waals surface area contributed by atoms with Gasteiger partial charge < -0.3 is 0 Å². The zero-order chi connectivity index (χ0) is 16.0. The van der Waals surface area contributed by atoms with Crippen molar-refractivity contribution in [2.24, 2.45) is 7.05 Å². The quantitative estimate of drug-likeness (QED) is 0.564. The first-order valence-corrected chi connectivity index (χ1v) is 7.62. The van der Waals surface area contributed by atoms with Gasteiger partial charge in [-0.2, -0.15) is 5.10 Å². The third kappa shape index (κ3) is 2.21. The molecule has 0 aliphatic rings. The first kappa shape index (κ1) is 14.0. The van der Waals surface area contributed by atoms with Gasteiger partial charge in [0.15, 0.2) is 11.5 Å². The van der Waals surface area contributed by atoms with Crippen LogP contribution < -0.4 is 0 Å². The Hall–Kier alpha value is -2.66. The van der Waals surface area contributed by atoms with Gasteiger partial charge >= 0.3 is 0 Å². The number of nitrogens with zero attached hydrogens (tertiary/aromatic N) is 5. The number of rotatable bonds is 2. The molecule has 23 heavy (non-hydrogen) atoms. The van der Waals surface area contributed by atoms with Crippen molar-refractivity contribution < 1.29 is 0 Å². The van der Waals surface area contributed by atoms with Gasteiger partial charge in [-0.25, -0.2) is 0 Å². The monoisotopic (exact) mass is 323 g/mol. The second-order valence-electron chi connectivity index (χ2n) is 5.40. The molecule has 3 heterocycles. The second kappa shape index (κ2) is 5.21. The number of fused-ring (bicyclic) bond motifs is 1. The van der Waals surface area contributed by atoms with Crippen LogP contribution in [0.3, 0.4) is 0 Å². The van der Waals surface area contributed by atoms with Gasteiger partial charge in [0.25, 0.3) is 0 Å². The van der Waals surface area contributed by atoms with Crippen LogP contribution in [-0.2, 0) is 7.05 Å². The predicted molar refractivity (Wildman–Crippen MR) is 90.4 cm³/mol. The Morgan fingerprint density at radius 2 is 1.91 bits per heavy atom. The van der Waals surface area contributed by atoms with Crippen molar-refractivity contribution in [2.75, 3.05) is 0 Å². The van der Waals surface area contributed by atoms with E-state index < -0.39 is 0 Å². The minimum atomic E-state index is 0.683. The van der Waals surface area contributed by atoms with Crippen LogP contribution in [0.15, 0.2) is 48.7 Å². The summed E-state index contributed by atoms with van der Waals surface area (Å²) in [7, 11) is 1.93. The molecule has 0 amide bonds. The molecule has 4 aromatic rings. The minimum Gasteiger partial charge on any atom is -0.282 e. The van der Waals surface area contributed by atoms with Gasteiger partial charge in [0.05, 0.1) is 5.56 Å². The lowest BCUT2D eigenvalue weighted by atomic mass is 10.1. The zero-order valence-electron chi connectivity index (χ0n) is 12.7. The Labute approximate surface area is 138 Å². The molecule has 0 saturated heterocycles. The van der Waals surface area contributed by atoms with E-state index in [0.717, 1.165) is 34.0 Å². The number of hydrogen-bond acceptors (Lipinski definition) is 3. The highest BCUT2D eigenvalue weighted by molar-refractivity contribution is 6.30. The SMILES string of the molecule is Cc1c(-c2nnc3ccccn23)c(-c2cccc(Cl)c2)nn1C. The number of hydrogen-bond donors (Lipinski definition) is 0. The second-order valence-corrected chi connectivity index (χ2v) is 5.83. The van der Waals surface area contributed by atoms with Gasteiger partial charge in [-0.3, -0.25) is 9.08 Å². The van der Waals surface area contributed by atoms with E-state index in [-0.39, 0.29) is 0 Å². The van der Waals surface area contributed by atoms with Crippen molar-refractivity contribution >= 4 is 17.2 Å². The fourth-order valence-electron chi connectivity index (χ4n) is 2.73. The van der Waals surface area contributed by atoms with Crippen molar-refractivity contribution in [1.82, 2.24) is 24.4 Å². The molecule has 0 unspecified atom stereocenters. The molecule has 0 bridgehead atoms. The molecule has 0 aliphatic carbocycles. The van der Waals surface area contributed by atoms with E-state index in [1.54, 1.807) is 0 Å². The van der Waals surface area contributed by atoms with Crippen LogP contribution in [0.4, 0.5) is 0 Å². The summed E-state index contributed by atoms with van der Waals surface area (Å²) >= 11 is 6.15. The van der Waals surface area contributed by atoms with Crippen LogP contribution in [0, 0.1) is 6.92 Å². The summed E-state index contributed by atoms with van der Waals surface area (Å²) in [5.74, 6) is 0.779. The molecule has 114 valence electrons. The van der Waals surface area contributed by atoms with Crippen LogP contribution in [0.25, 0.3) is 28.3 Å². The maximum Gasteiger partial charge on any atom is 0.172 e. The minimum absolute atomic E-state index is 0.683. The number of pyridine rings is 1. The van der Waals surface area contributed by atoms with E-state index in [9.17, 15) is 0 Å². The molecule has 0 spiro atoms. The number of aryl methyl sites for hydroxylation is 1. The summed E-state index contributed by atoms with van der Waals surface area (Å²) in [5.41, 5.74) is 4.61. The van der Waals surface area contributed by atoms with E-state index >= 15 is 0 Å². The third-order valence-corrected chi connectivity index (χ3v) is 4.20. The van der Waals surface area contributed by atoms with Crippen molar-refractivity contribution in [2.45, 2.75) is 6.92 Å². The van der Waals surface area contributed by atoms with Gasteiger partial charge in [0, 0.05) is 29.5 Å². The number of benzene rings is 1. The molecular formula is C17H14ClN5. The zero-order valence-corrected chi connectivity index (χ0v) is 13.5. The summed E-state index contributed by atoms with van der Waals surface area (Å²) in [4.78, 5) is 0. The van der Waals surface area contributed by atoms with Gasteiger partial charge in [0.1, 0.15) is 5.69 Å². The molecule has 0 atom stereocenters. The fraction of sp³-hybridized carbons (Fsp3) is 0.118. The topological polar surface area (TPSA) is 48.0 Å². The van der Waals surface area contributed by atoms with Gasteiger partial charge in [-0.1, -0.05) is 29.8 Å². The average molecular weight is 324 g/mol. The van der Waals surface area contributed by atoms with Gasteiger partial charge in [-0.15, -0.1) is 10.2 Å². The van der Waals surface area contributed by atoms with Gasteiger partial charge in [0.2, 0.25) is 0 Å². The van der Waals surface area contributed by atoms with E-state index in [0.29, 0.717) is 5.02 Å². The van der Waals surface area contributed by atoms with Crippen LogP contribution in [0.1, 0.15) is 5.69 Å². The van der Waals surface area contributed by atoms with Gasteiger partial charge in [-0.05, 0) is 31.2 Å². The summed E-state index contributed by atoms with van der Waals surface area (Å²) < 4.78 is 3.83. The molecular weight excluding hydrogens is 310 g/mol. The van der Waals surface area contributed by atoms with Crippen molar-refractivity contribution in [3.63, 3.8) is 0 Å². The van der Waals surface area contributed by atoms with Crippen LogP contribution in [-0.4, -0.2) is 24.4 Å². The van der Waals surface area contributed by atoms with E-state index in [2.05, 4.69) is 15.3 Å². The first-order valence-electron chi connectivity index (χ1n) is 7.25. The maximum atomic E-state index is 6.15.